The second kappa shape index (κ2) is 5.70. The van der Waals surface area contributed by atoms with Crippen LogP contribution in [-0.4, -0.2) is 51.5 Å². The second-order valence-electron chi connectivity index (χ2n) is 6.72. The largest absolute Gasteiger partial charge is 0.396 e. The molecule has 0 aromatic heterocycles. The van der Waals surface area contributed by atoms with Crippen LogP contribution in [-0.2, 0) is 4.74 Å². The summed E-state index contributed by atoms with van der Waals surface area (Å²) in [5, 5.41) is 19.4. The molecular weight excluding hydrogens is 298 g/mol. The first-order valence-electron chi connectivity index (χ1n) is 7.80. The lowest BCUT2D eigenvalue weighted by Crippen LogP contribution is -2.47. The van der Waals surface area contributed by atoms with Crippen molar-refractivity contribution in [3.05, 3.63) is 35.4 Å². The Hall–Kier alpha value is -1.76. The number of hydrogen-bond acceptors (Lipinski definition) is 5. The molecule has 0 saturated heterocycles. The molecule has 1 aliphatic heterocycles. The van der Waals surface area contributed by atoms with Crippen LogP contribution in [0.4, 0.5) is 0 Å². The Morgan fingerprint density at radius 3 is 2.22 bits per heavy atom. The van der Waals surface area contributed by atoms with Crippen molar-refractivity contribution in [1.82, 2.24) is 4.90 Å². The van der Waals surface area contributed by atoms with E-state index in [1.807, 2.05) is 0 Å². The zero-order valence-electron chi connectivity index (χ0n) is 13.2. The van der Waals surface area contributed by atoms with Gasteiger partial charge in [0.2, 0.25) is 0 Å². The number of benzene rings is 1. The van der Waals surface area contributed by atoms with E-state index in [2.05, 4.69) is 0 Å². The number of carbonyl (C=O) groups is 2. The third-order valence-corrected chi connectivity index (χ3v) is 4.42. The summed E-state index contributed by atoms with van der Waals surface area (Å²) < 4.78 is 5.65. The Balaban J connectivity index is 1.90. The van der Waals surface area contributed by atoms with Crippen LogP contribution in [0, 0.1) is 5.92 Å². The number of ether oxygens (including phenoxy) is 1. The van der Waals surface area contributed by atoms with E-state index >= 15 is 0 Å². The first-order valence-corrected chi connectivity index (χ1v) is 7.80. The highest BCUT2D eigenvalue weighted by molar-refractivity contribution is 6.21. The number of rotatable bonds is 4. The topological polar surface area (TPSA) is 87.1 Å². The van der Waals surface area contributed by atoms with Gasteiger partial charge in [-0.1, -0.05) is 12.1 Å². The van der Waals surface area contributed by atoms with Gasteiger partial charge in [-0.05, 0) is 44.7 Å². The van der Waals surface area contributed by atoms with Gasteiger partial charge in [-0.2, -0.15) is 0 Å². The van der Waals surface area contributed by atoms with Crippen LogP contribution in [0.3, 0.4) is 0 Å². The maximum Gasteiger partial charge on any atom is 0.261 e. The van der Waals surface area contributed by atoms with Crippen LogP contribution in [0.5, 0.6) is 0 Å². The summed E-state index contributed by atoms with van der Waals surface area (Å²) in [4.78, 5) is 26.5. The molecule has 2 aliphatic rings. The first kappa shape index (κ1) is 16.1. The quantitative estimate of drug-likeness (QED) is 0.642. The second-order valence-corrected chi connectivity index (χ2v) is 6.72. The standard InChI is InChI=1S/C17H21NO5/c1-17(2,22)23-14-8-10(9-19)7-13(14)18-15(20)11-5-3-4-6-12(11)16(18)21/h3-6,10,13-14,19,22H,7-9H2,1-2H3/t10-,13+,14+/m0/s1. The lowest BCUT2D eigenvalue weighted by molar-refractivity contribution is -0.211. The fourth-order valence-electron chi connectivity index (χ4n) is 3.50. The van der Waals surface area contributed by atoms with Crippen molar-refractivity contribution in [1.29, 1.82) is 0 Å². The summed E-state index contributed by atoms with van der Waals surface area (Å²) in [7, 11) is 0. The highest BCUT2D eigenvalue weighted by atomic mass is 16.6. The maximum atomic E-state index is 12.6. The molecule has 0 bridgehead atoms. The van der Waals surface area contributed by atoms with Crippen LogP contribution in [0.15, 0.2) is 24.3 Å². The Kier molecular flexibility index (Phi) is 4.00. The lowest BCUT2D eigenvalue weighted by atomic mass is 10.1. The third-order valence-electron chi connectivity index (χ3n) is 4.42. The Labute approximate surface area is 134 Å². The van der Waals surface area contributed by atoms with E-state index < -0.39 is 17.9 Å². The zero-order chi connectivity index (χ0) is 16.8. The average Bonchev–Trinajstić information content (AvgIpc) is 2.98. The van der Waals surface area contributed by atoms with Gasteiger partial charge in [0.15, 0.2) is 5.79 Å². The van der Waals surface area contributed by atoms with E-state index in [0.29, 0.717) is 24.0 Å². The maximum absolute atomic E-state index is 12.6. The normalized spacial score (nSPS) is 27.7. The van der Waals surface area contributed by atoms with Gasteiger partial charge >= 0.3 is 0 Å². The fraction of sp³-hybridized carbons (Fsp3) is 0.529. The van der Waals surface area contributed by atoms with Crippen molar-refractivity contribution in [2.75, 3.05) is 6.61 Å². The molecule has 1 fully saturated rings. The van der Waals surface area contributed by atoms with E-state index in [9.17, 15) is 19.8 Å². The summed E-state index contributed by atoms with van der Waals surface area (Å²) in [6.07, 6.45) is 0.482. The lowest BCUT2D eigenvalue weighted by Gasteiger charge is -2.31. The van der Waals surface area contributed by atoms with Crippen LogP contribution in [0.1, 0.15) is 47.4 Å². The number of amides is 2. The molecule has 1 aliphatic carbocycles. The predicted molar refractivity (Wildman–Crippen MR) is 81.7 cm³/mol. The minimum Gasteiger partial charge on any atom is -0.396 e. The number of aliphatic hydroxyl groups excluding tert-OH is 1. The van der Waals surface area contributed by atoms with Gasteiger partial charge in [0.25, 0.3) is 11.8 Å². The molecule has 0 spiro atoms. The summed E-state index contributed by atoms with van der Waals surface area (Å²) in [5.74, 6) is -2.10. The predicted octanol–water partition coefficient (Wildman–Crippen LogP) is 1.17. The smallest absolute Gasteiger partial charge is 0.261 e. The van der Waals surface area contributed by atoms with Gasteiger partial charge in [-0.25, -0.2) is 0 Å². The zero-order valence-corrected chi connectivity index (χ0v) is 13.2. The van der Waals surface area contributed by atoms with Crippen molar-refractivity contribution < 1.29 is 24.5 Å². The Morgan fingerprint density at radius 1 is 1.17 bits per heavy atom. The van der Waals surface area contributed by atoms with Crippen LogP contribution >= 0.6 is 0 Å². The van der Waals surface area contributed by atoms with Gasteiger partial charge in [-0.3, -0.25) is 14.5 Å². The molecule has 6 heteroatoms. The molecule has 1 heterocycles. The molecule has 2 N–H and O–H groups in total. The van der Waals surface area contributed by atoms with Crippen LogP contribution in [0.2, 0.25) is 0 Å². The molecule has 1 aromatic rings. The SMILES string of the molecule is CC(C)(O)O[C@@H]1C[C@@H](CO)C[C@H]1N1C(=O)c2ccccc2C1=O. The van der Waals surface area contributed by atoms with Crippen molar-refractivity contribution in [3.8, 4) is 0 Å². The number of carbonyl (C=O) groups excluding carboxylic acids is 2. The van der Waals surface area contributed by atoms with Crippen LogP contribution < -0.4 is 0 Å². The van der Waals surface area contributed by atoms with E-state index in [1.165, 1.54) is 18.7 Å². The van der Waals surface area contributed by atoms with Crippen LogP contribution in [0.25, 0.3) is 0 Å². The molecule has 1 saturated carbocycles. The number of hydrogen-bond donors (Lipinski definition) is 2. The third kappa shape index (κ3) is 2.89. The van der Waals surface area contributed by atoms with E-state index in [1.54, 1.807) is 24.3 Å². The van der Waals surface area contributed by atoms with Gasteiger partial charge in [0.1, 0.15) is 0 Å². The summed E-state index contributed by atoms with van der Waals surface area (Å²) in [6, 6.07) is 6.25. The summed E-state index contributed by atoms with van der Waals surface area (Å²) >= 11 is 0. The Morgan fingerprint density at radius 2 is 1.74 bits per heavy atom. The molecule has 3 rings (SSSR count). The fourth-order valence-corrected chi connectivity index (χ4v) is 3.50. The molecule has 0 unspecified atom stereocenters. The Bertz CT molecular complexity index is 601. The molecule has 0 radical (unpaired) electrons. The molecule has 2 amide bonds. The van der Waals surface area contributed by atoms with E-state index in [4.69, 9.17) is 4.74 Å². The minimum absolute atomic E-state index is 0.0363. The molecule has 23 heavy (non-hydrogen) atoms. The molecular formula is C17H21NO5. The van der Waals surface area contributed by atoms with Gasteiger partial charge < -0.3 is 14.9 Å². The summed E-state index contributed by atoms with van der Waals surface area (Å²) in [5.41, 5.74) is 0.791. The van der Waals surface area contributed by atoms with Crippen molar-refractivity contribution in [2.45, 2.75) is 44.6 Å². The monoisotopic (exact) mass is 319 g/mol. The van der Waals surface area contributed by atoms with Crippen molar-refractivity contribution in [2.24, 2.45) is 5.92 Å². The minimum atomic E-state index is -1.37. The van der Waals surface area contributed by atoms with Gasteiger partial charge in [-0.15, -0.1) is 0 Å². The highest BCUT2D eigenvalue weighted by Crippen LogP contribution is 2.37. The van der Waals surface area contributed by atoms with E-state index in [0.717, 1.165) is 0 Å². The van der Waals surface area contributed by atoms with Gasteiger partial charge in [0.05, 0.1) is 23.3 Å². The number of nitrogens with zero attached hydrogens (tertiary/aromatic N) is 1. The molecule has 124 valence electrons. The van der Waals surface area contributed by atoms with Crippen molar-refractivity contribution >= 4 is 11.8 Å². The first-order chi connectivity index (χ1) is 10.8. The average molecular weight is 319 g/mol. The van der Waals surface area contributed by atoms with Gasteiger partial charge in [0, 0.05) is 6.61 Å². The molecule has 1 aromatic carbocycles. The number of aliphatic hydroxyl groups is 2. The summed E-state index contributed by atoms with van der Waals surface area (Å²) in [6.45, 7) is 2.99. The number of imide groups is 1. The molecule has 3 atom stereocenters. The molecule has 6 nitrogen and oxygen atoms in total. The van der Waals surface area contributed by atoms with Crippen molar-refractivity contribution in [3.63, 3.8) is 0 Å². The van der Waals surface area contributed by atoms with E-state index in [-0.39, 0.29) is 24.3 Å². The highest BCUT2D eigenvalue weighted by Gasteiger charge is 2.48. The number of fused-ring (bicyclic) bond motifs is 1.